The Hall–Kier alpha value is -1.44. The zero-order valence-electron chi connectivity index (χ0n) is 10.3. The number of hydrogen-bond acceptors (Lipinski definition) is 0. The van der Waals surface area contributed by atoms with Crippen molar-refractivity contribution in [2.24, 2.45) is 0 Å². The summed E-state index contributed by atoms with van der Waals surface area (Å²) in [6, 6.07) is 14.3. The summed E-state index contributed by atoms with van der Waals surface area (Å²) in [5, 5.41) is 2.43. The normalized spacial score (nSPS) is 11.9. The first-order chi connectivity index (χ1) is 8.56. The topological polar surface area (TPSA) is 0 Å². The Morgan fingerprint density at radius 3 is 2.44 bits per heavy atom. The minimum absolute atomic E-state index is 0.127. The zero-order valence-corrected chi connectivity index (χ0v) is 10.3. The Balaban J connectivity index is 2.00. The SMILES string of the molecule is [CH2]C(F)(F)CCCCc1cccc2ccccc12. The highest BCUT2D eigenvalue weighted by molar-refractivity contribution is 5.85. The lowest BCUT2D eigenvalue weighted by molar-refractivity contribution is 0.0397. The first-order valence-electron chi connectivity index (χ1n) is 6.26. The van der Waals surface area contributed by atoms with Gasteiger partial charge in [-0.15, -0.1) is 0 Å². The highest BCUT2D eigenvalue weighted by atomic mass is 19.3. The van der Waals surface area contributed by atoms with Crippen molar-refractivity contribution in [3.63, 3.8) is 0 Å². The van der Waals surface area contributed by atoms with Gasteiger partial charge in [-0.3, -0.25) is 0 Å². The van der Waals surface area contributed by atoms with Crippen molar-refractivity contribution in [2.75, 3.05) is 0 Å². The standard InChI is InChI=1S/C16H17F2/c1-16(17,18)12-5-4-8-14-10-6-9-13-7-2-3-11-15(13)14/h2-3,6-7,9-11H,1,4-5,8,12H2. The van der Waals surface area contributed by atoms with E-state index in [2.05, 4.69) is 31.2 Å². The van der Waals surface area contributed by atoms with Crippen LogP contribution in [0.2, 0.25) is 0 Å². The highest BCUT2D eigenvalue weighted by Crippen LogP contribution is 2.23. The number of halogens is 2. The zero-order chi connectivity index (χ0) is 13.0. The van der Waals surface area contributed by atoms with E-state index in [0.717, 1.165) is 12.8 Å². The van der Waals surface area contributed by atoms with Gasteiger partial charge in [0.25, 0.3) is 0 Å². The molecular formula is C16H17F2. The summed E-state index contributed by atoms with van der Waals surface area (Å²) < 4.78 is 25.2. The van der Waals surface area contributed by atoms with Gasteiger partial charge < -0.3 is 0 Å². The Morgan fingerprint density at radius 2 is 1.67 bits per heavy atom. The lowest BCUT2D eigenvalue weighted by Crippen LogP contribution is -2.09. The van der Waals surface area contributed by atoms with Crippen LogP contribution in [0.5, 0.6) is 0 Å². The smallest absolute Gasteiger partial charge is 0.207 e. The van der Waals surface area contributed by atoms with E-state index in [4.69, 9.17) is 0 Å². The molecule has 0 fully saturated rings. The van der Waals surface area contributed by atoms with Crippen molar-refractivity contribution in [3.8, 4) is 0 Å². The van der Waals surface area contributed by atoms with Crippen molar-refractivity contribution < 1.29 is 8.78 Å². The maximum Gasteiger partial charge on any atom is 0.248 e. The van der Waals surface area contributed by atoms with Gasteiger partial charge in [-0.25, -0.2) is 8.78 Å². The van der Waals surface area contributed by atoms with E-state index < -0.39 is 5.92 Å². The molecule has 2 aromatic carbocycles. The van der Waals surface area contributed by atoms with Crippen molar-refractivity contribution in [1.29, 1.82) is 0 Å². The quantitative estimate of drug-likeness (QED) is 0.651. The Labute approximate surface area is 107 Å². The molecule has 0 atom stereocenters. The molecule has 0 bridgehead atoms. The average Bonchev–Trinajstić information content (AvgIpc) is 2.33. The summed E-state index contributed by atoms with van der Waals surface area (Å²) in [7, 11) is 0. The number of benzene rings is 2. The fourth-order valence-corrected chi connectivity index (χ4v) is 2.21. The van der Waals surface area contributed by atoms with E-state index in [0.29, 0.717) is 6.42 Å². The molecular weight excluding hydrogens is 230 g/mol. The molecule has 2 aromatic rings. The van der Waals surface area contributed by atoms with Crippen molar-refractivity contribution >= 4 is 10.8 Å². The summed E-state index contributed by atoms with van der Waals surface area (Å²) in [5.74, 6) is -2.78. The number of aryl methyl sites for hydroxylation is 1. The molecule has 0 nitrogen and oxygen atoms in total. The summed E-state index contributed by atoms with van der Waals surface area (Å²) in [6.45, 7) is 2.83. The van der Waals surface area contributed by atoms with Crippen LogP contribution >= 0.6 is 0 Å². The monoisotopic (exact) mass is 247 g/mol. The number of alkyl halides is 2. The summed E-state index contributed by atoms with van der Waals surface area (Å²) >= 11 is 0. The first kappa shape index (κ1) is 13.0. The maximum atomic E-state index is 12.6. The number of unbranched alkanes of at least 4 members (excludes halogenated alkanes) is 1. The maximum absolute atomic E-state index is 12.6. The van der Waals surface area contributed by atoms with Gasteiger partial charge in [0, 0.05) is 13.3 Å². The van der Waals surface area contributed by atoms with Gasteiger partial charge in [-0.2, -0.15) is 0 Å². The second-order valence-electron chi connectivity index (χ2n) is 4.70. The highest BCUT2D eigenvalue weighted by Gasteiger charge is 2.19. The van der Waals surface area contributed by atoms with Gasteiger partial charge >= 0.3 is 0 Å². The van der Waals surface area contributed by atoms with Crippen molar-refractivity contribution in [2.45, 2.75) is 31.6 Å². The molecule has 0 aliphatic carbocycles. The predicted octanol–water partition coefficient (Wildman–Crippen LogP) is 5.02. The van der Waals surface area contributed by atoms with Gasteiger partial charge in [-0.05, 0) is 35.6 Å². The fraction of sp³-hybridized carbons (Fsp3) is 0.312. The fourth-order valence-electron chi connectivity index (χ4n) is 2.21. The van der Waals surface area contributed by atoms with Crippen LogP contribution < -0.4 is 0 Å². The first-order valence-corrected chi connectivity index (χ1v) is 6.26. The molecule has 0 unspecified atom stereocenters. The lowest BCUT2D eigenvalue weighted by Gasteiger charge is -2.10. The number of fused-ring (bicyclic) bond motifs is 1. The van der Waals surface area contributed by atoms with Gasteiger partial charge in [0.2, 0.25) is 5.92 Å². The molecule has 0 aliphatic rings. The third-order valence-electron chi connectivity index (χ3n) is 3.12. The molecule has 0 aromatic heterocycles. The average molecular weight is 247 g/mol. The molecule has 0 amide bonds. The van der Waals surface area contributed by atoms with Crippen LogP contribution in [-0.2, 0) is 6.42 Å². The number of hydrogen-bond donors (Lipinski definition) is 0. The van der Waals surface area contributed by atoms with Crippen LogP contribution in [-0.4, -0.2) is 5.92 Å². The molecule has 0 heterocycles. The third kappa shape index (κ3) is 3.52. The summed E-state index contributed by atoms with van der Waals surface area (Å²) in [5.41, 5.74) is 1.24. The van der Waals surface area contributed by atoms with E-state index in [1.54, 1.807) is 0 Å². The van der Waals surface area contributed by atoms with Crippen LogP contribution in [0.1, 0.15) is 24.8 Å². The number of rotatable bonds is 5. The lowest BCUT2D eigenvalue weighted by atomic mass is 9.99. The Bertz CT molecular complexity index is 506. The largest absolute Gasteiger partial charge is 0.248 e. The van der Waals surface area contributed by atoms with Gasteiger partial charge in [0.15, 0.2) is 0 Å². The van der Waals surface area contributed by atoms with Crippen LogP contribution in [0.3, 0.4) is 0 Å². The minimum atomic E-state index is -2.78. The van der Waals surface area contributed by atoms with Crippen LogP contribution in [0.25, 0.3) is 10.8 Å². The molecule has 0 spiro atoms. The molecule has 2 heteroatoms. The second-order valence-corrected chi connectivity index (χ2v) is 4.70. The Morgan fingerprint density at radius 1 is 0.944 bits per heavy atom. The molecule has 0 saturated carbocycles. The molecule has 1 radical (unpaired) electrons. The van der Waals surface area contributed by atoms with Crippen molar-refractivity contribution in [1.82, 2.24) is 0 Å². The third-order valence-corrected chi connectivity index (χ3v) is 3.12. The molecule has 18 heavy (non-hydrogen) atoms. The summed E-state index contributed by atoms with van der Waals surface area (Å²) in [4.78, 5) is 0. The van der Waals surface area contributed by atoms with E-state index in [1.807, 2.05) is 18.2 Å². The second kappa shape index (κ2) is 5.47. The van der Waals surface area contributed by atoms with Crippen LogP contribution in [0.4, 0.5) is 8.78 Å². The summed E-state index contributed by atoms with van der Waals surface area (Å²) in [6.07, 6.45) is 2.01. The minimum Gasteiger partial charge on any atom is -0.207 e. The van der Waals surface area contributed by atoms with E-state index in [9.17, 15) is 8.78 Å². The van der Waals surface area contributed by atoms with Gasteiger partial charge in [0.1, 0.15) is 0 Å². The molecule has 0 saturated heterocycles. The van der Waals surface area contributed by atoms with E-state index >= 15 is 0 Å². The van der Waals surface area contributed by atoms with Gasteiger partial charge in [0.05, 0.1) is 0 Å². The molecule has 95 valence electrons. The molecule has 0 N–H and O–H groups in total. The molecule has 2 rings (SSSR count). The van der Waals surface area contributed by atoms with Gasteiger partial charge in [-0.1, -0.05) is 42.5 Å². The van der Waals surface area contributed by atoms with E-state index in [1.165, 1.54) is 16.3 Å². The molecule has 0 aliphatic heterocycles. The van der Waals surface area contributed by atoms with Crippen LogP contribution in [0, 0.1) is 6.92 Å². The predicted molar refractivity (Wildman–Crippen MR) is 71.8 cm³/mol. The van der Waals surface area contributed by atoms with E-state index in [-0.39, 0.29) is 6.42 Å². The Kier molecular flexibility index (Phi) is 3.95. The van der Waals surface area contributed by atoms with Crippen LogP contribution in [0.15, 0.2) is 42.5 Å². The van der Waals surface area contributed by atoms with Crippen molar-refractivity contribution in [3.05, 3.63) is 55.0 Å².